The number of hydrogen-bond donors (Lipinski definition) is 1. The van der Waals surface area contributed by atoms with Crippen LogP contribution in [0.1, 0.15) is 22.3 Å². The quantitative estimate of drug-likeness (QED) is 0.768. The van der Waals surface area contributed by atoms with Crippen molar-refractivity contribution in [3.63, 3.8) is 0 Å². The zero-order valence-electron chi connectivity index (χ0n) is 13.5. The van der Waals surface area contributed by atoms with E-state index in [0.29, 0.717) is 18.6 Å². The average molecular weight is 355 g/mol. The van der Waals surface area contributed by atoms with Crippen LogP contribution in [0.15, 0.2) is 24.3 Å². The summed E-state index contributed by atoms with van der Waals surface area (Å²) in [5, 5.41) is 9.21. The molecular formula is C16H21NO6S. The van der Waals surface area contributed by atoms with Crippen LogP contribution in [0, 0.1) is 0 Å². The molecule has 1 N–H and O–H groups in total. The highest BCUT2D eigenvalue weighted by molar-refractivity contribution is 7.91. The summed E-state index contributed by atoms with van der Waals surface area (Å²) in [6, 6.07) is 5.94. The second-order valence-electron chi connectivity index (χ2n) is 5.78. The van der Waals surface area contributed by atoms with E-state index in [4.69, 9.17) is 4.74 Å². The third kappa shape index (κ3) is 4.55. The lowest BCUT2D eigenvalue weighted by Gasteiger charge is -2.28. The number of aromatic carboxylic acids is 1. The van der Waals surface area contributed by atoms with E-state index in [0.717, 1.165) is 0 Å². The number of rotatable bonds is 7. The summed E-state index contributed by atoms with van der Waals surface area (Å²) in [5.41, 5.74) is 0.495. The van der Waals surface area contributed by atoms with Crippen LogP contribution in [-0.2, 0) is 25.8 Å². The number of carboxylic acids is 1. The van der Waals surface area contributed by atoms with Gasteiger partial charge in [0.1, 0.15) is 0 Å². The van der Waals surface area contributed by atoms with Crippen LogP contribution in [0.2, 0.25) is 0 Å². The van der Waals surface area contributed by atoms with Crippen molar-refractivity contribution in [3.05, 3.63) is 35.4 Å². The molecule has 1 unspecified atom stereocenters. The summed E-state index contributed by atoms with van der Waals surface area (Å²) < 4.78 is 28.4. The first-order valence-electron chi connectivity index (χ1n) is 7.64. The fourth-order valence-electron chi connectivity index (χ4n) is 2.87. The zero-order chi connectivity index (χ0) is 17.7. The number of carbonyl (C=O) groups excluding carboxylic acids is 1. The predicted molar refractivity (Wildman–Crippen MR) is 87.8 cm³/mol. The van der Waals surface area contributed by atoms with E-state index in [1.807, 2.05) is 0 Å². The minimum atomic E-state index is -3.12. The molecule has 1 aliphatic rings. The number of benzene rings is 1. The maximum atomic E-state index is 12.7. The molecular weight excluding hydrogens is 334 g/mol. The maximum Gasteiger partial charge on any atom is 0.335 e. The van der Waals surface area contributed by atoms with Gasteiger partial charge in [-0.2, -0.15) is 0 Å². The number of hydrogen-bond acceptors (Lipinski definition) is 5. The fraction of sp³-hybridized carbons (Fsp3) is 0.500. The standard InChI is InChI=1S/C16H21NO6S/c1-23-8-7-17(13-6-9-24(21,22)11-13)15(18)10-12-4-2-3-5-14(12)16(19)20/h2-5,13H,6-11H2,1H3,(H,19,20). The first-order valence-corrected chi connectivity index (χ1v) is 9.46. The number of methoxy groups -OCH3 is 1. The second kappa shape index (κ2) is 7.76. The molecule has 0 aliphatic carbocycles. The Labute approximate surface area is 141 Å². The van der Waals surface area contributed by atoms with E-state index in [1.165, 1.54) is 18.1 Å². The van der Waals surface area contributed by atoms with Gasteiger partial charge < -0.3 is 14.7 Å². The summed E-state index contributed by atoms with van der Waals surface area (Å²) in [7, 11) is -1.61. The molecule has 1 fully saturated rings. The molecule has 0 saturated carbocycles. The molecule has 1 aromatic carbocycles. The number of ether oxygens (including phenoxy) is 1. The molecule has 8 heteroatoms. The van der Waals surface area contributed by atoms with Crippen molar-refractivity contribution in [3.8, 4) is 0 Å². The summed E-state index contributed by atoms with van der Waals surface area (Å²) in [4.78, 5) is 25.4. The Morgan fingerprint density at radius 3 is 2.62 bits per heavy atom. The lowest BCUT2D eigenvalue weighted by Crippen LogP contribution is -2.44. The molecule has 24 heavy (non-hydrogen) atoms. The van der Waals surface area contributed by atoms with E-state index < -0.39 is 15.8 Å². The highest BCUT2D eigenvalue weighted by Crippen LogP contribution is 2.20. The first-order chi connectivity index (χ1) is 11.3. The fourth-order valence-corrected chi connectivity index (χ4v) is 4.60. The number of carbonyl (C=O) groups is 2. The molecule has 0 radical (unpaired) electrons. The Balaban J connectivity index is 2.18. The van der Waals surface area contributed by atoms with Gasteiger partial charge in [-0.05, 0) is 18.1 Å². The van der Waals surface area contributed by atoms with Crippen LogP contribution in [0.3, 0.4) is 0 Å². The second-order valence-corrected chi connectivity index (χ2v) is 8.00. The van der Waals surface area contributed by atoms with Gasteiger partial charge in [-0.1, -0.05) is 18.2 Å². The molecule has 0 aromatic heterocycles. The SMILES string of the molecule is COCCN(C(=O)Cc1ccccc1C(=O)O)C1CCS(=O)(=O)C1. The van der Waals surface area contributed by atoms with Gasteiger partial charge in [0, 0.05) is 19.7 Å². The van der Waals surface area contributed by atoms with E-state index in [1.54, 1.807) is 18.2 Å². The molecule has 0 spiro atoms. The smallest absolute Gasteiger partial charge is 0.335 e. The number of sulfone groups is 1. The highest BCUT2D eigenvalue weighted by atomic mass is 32.2. The molecule has 1 saturated heterocycles. The summed E-state index contributed by atoms with van der Waals surface area (Å²) in [6.45, 7) is 0.577. The molecule has 1 aliphatic heterocycles. The van der Waals surface area contributed by atoms with Crippen molar-refractivity contribution in [2.45, 2.75) is 18.9 Å². The largest absolute Gasteiger partial charge is 0.478 e. The maximum absolute atomic E-state index is 12.7. The molecule has 1 amide bonds. The van der Waals surface area contributed by atoms with E-state index in [-0.39, 0.29) is 42.0 Å². The van der Waals surface area contributed by atoms with Crippen molar-refractivity contribution in [1.82, 2.24) is 4.90 Å². The average Bonchev–Trinajstić information content (AvgIpc) is 2.88. The number of nitrogens with zero attached hydrogens (tertiary/aromatic N) is 1. The Kier molecular flexibility index (Phi) is 5.95. The van der Waals surface area contributed by atoms with Gasteiger partial charge in [-0.3, -0.25) is 4.79 Å². The lowest BCUT2D eigenvalue weighted by atomic mass is 10.0. The summed E-state index contributed by atoms with van der Waals surface area (Å²) >= 11 is 0. The highest BCUT2D eigenvalue weighted by Gasteiger charge is 2.34. The molecule has 132 valence electrons. The monoisotopic (exact) mass is 355 g/mol. The van der Waals surface area contributed by atoms with Crippen LogP contribution < -0.4 is 0 Å². The van der Waals surface area contributed by atoms with Crippen molar-refractivity contribution < 1.29 is 27.9 Å². The third-order valence-electron chi connectivity index (χ3n) is 4.10. The molecule has 1 aromatic rings. The van der Waals surface area contributed by atoms with Crippen molar-refractivity contribution >= 4 is 21.7 Å². The molecule has 1 atom stereocenters. The van der Waals surface area contributed by atoms with E-state index >= 15 is 0 Å². The van der Waals surface area contributed by atoms with Gasteiger partial charge in [0.2, 0.25) is 5.91 Å². The van der Waals surface area contributed by atoms with Gasteiger partial charge in [0.25, 0.3) is 0 Å². The molecule has 0 bridgehead atoms. The summed E-state index contributed by atoms with van der Waals surface area (Å²) in [6.07, 6.45) is 0.321. The van der Waals surface area contributed by atoms with Gasteiger partial charge in [-0.25, -0.2) is 13.2 Å². The van der Waals surface area contributed by atoms with Gasteiger partial charge >= 0.3 is 5.97 Å². The molecule has 2 rings (SSSR count). The zero-order valence-corrected chi connectivity index (χ0v) is 14.3. The minimum absolute atomic E-state index is 0.0525. The van der Waals surface area contributed by atoms with Gasteiger partial charge in [-0.15, -0.1) is 0 Å². The predicted octanol–water partition coefficient (Wildman–Crippen LogP) is 0.589. The van der Waals surface area contributed by atoms with Crippen molar-refractivity contribution in [2.75, 3.05) is 31.8 Å². The van der Waals surface area contributed by atoms with Crippen LogP contribution in [-0.4, -0.2) is 68.1 Å². The van der Waals surface area contributed by atoms with Crippen molar-refractivity contribution in [1.29, 1.82) is 0 Å². The Hall–Kier alpha value is -1.93. The number of amides is 1. The normalized spacial score (nSPS) is 19.1. The minimum Gasteiger partial charge on any atom is -0.478 e. The van der Waals surface area contributed by atoms with Gasteiger partial charge in [0.15, 0.2) is 9.84 Å². The molecule has 1 heterocycles. The number of carboxylic acid groups (broad SMARTS) is 1. The Morgan fingerprint density at radius 2 is 2.04 bits per heavy atom. The van der Waals surface area contributed by atoms with Crippen LogP contribution in [0.5, 0.6) is 0 Å². The molecule has 7 nitrogen and oxygen atoms in total. The van der Waals surface area contributed by atoms with Crippen LogP contribution >= 0.6 is 0 Å². The van der Waals surface area contributed by atoms with E-state index in [9.17, 15) is 23.1 Å². The van der Waals surface area contributed by atoms with Gasteiger partial charge in [0.05, 0.1) is 30.1 Å². The summed E-state index contributed by atoms with van der Waals surface area (Å²) in [5.74, 6) is -1.36. The van der Waals surface area contributed by atoms with Crippen LogP contribution in [0.25, 0.3) is 0 Å². The topological polar surface area (TPSA) is 101 Å². The van der Waals surface area contributed by atoms with Crippen molar-refractivity contribution in [2.24, 2.45) is 0 Å². The lowest BCUT2D eigenvalue weighted by molar-refractivity contribution is -0.133. The van der Waals surface area contributed by atoms with E-state index in [2.05, 4.69) is 0 Å². The third-order valence-corrected chi connectivity index (χ3v) is 5.85. The Morgan fingerprint density at radius 1 is 1.33 bits per heavy atom. The van der Waals surface area contributed by atoms with Crippen LogP contribution in [0.4, 0.5) is 0 Å². The Bertz CT molecular complexity index is 715. The first kappa shape index (κ1) is 18.4.